The maximum absolute atomic E-state index is 12.7. The third-order valence-corrected chi connectivity index (χ3v) is 5.10. The van der Waals surface area contributed by atoms with Crippen molar-refractivity contribution < 1.29 is 4.79 Å². The van der Waals surface area contributed by atoms with Crippen molar-refractivity contribution in [2.45, 2.75) is 26.8 Å². The van der Waals surface area contributed by atoms with Gasteiger partial charge in [-0.15, -0.1) is 0 Å². The van der Waals surface area contributed by atoms with E-state index in [2.05, 4.69) is 10.3 Å². The number of aryl methyl sites for hydroxylation is 1. The van der Waals surface area contributed by atoms with E-state index < -0.39 is 11.2 Å². The number of benzene rings is 2. The van der Waals surface area contributed by atoms with Gasteiger partial charge in [0.05, 0.1) is 13.1 Å². The molecule has 0 fully saturated rings. The van der Waals surface area contributed by atoms with Crippen LogP contribution >= 0.6 is 0 Å². The molecule has 0 unspecified atom stereocenters. The first-order valence-corrected chi connectivity index (χ1v) is 10.2. The van der Waals surface area contributed by atoms with E-state index >= 15 is 0 Å². The number of carbonyl (C=O) groups excluding carboxylic acids is 1. The average molecular weight is 422 g/mol. The van der Waals surface area contributed by atoms with Crippen LogP contribution in [0, 0.1) is 0 Å². The van der Waals surface area contributed by atoms with Gasteiger partial charge in [0.2, 0.25) is 5.91 Å². The molecular weight excluding hydrogens is 394 g/mol. The highest BCUT2D eigenvalue weighted by molar-refractivity contribution is 5.95. The summed E-state index contributed by atoms with van der Waals surface area (Å²) >= 11 is 0. The molecule has 0 saturated carbocycles. The second kappa shape index (κ2) is 9.80. The standard InChI is InChI=1S/C23H27N5O3/c1-3-17-12-8-9-13-18(17)25-19(29)15-27(4-2)20-21(24)28(23(31)26-22(20)30)14-16-10-6-5-7-11-16/h5-13H,3-4,14-15,24H2,1-2H3,(H,25,29)(H,26,30,31). The maximum Gasteiger partial charge on any atom is 0.330 e. The molecule has 0 radical (unpaired) electrons. The van der Waals surface area contributed by atoms with Crippen LogP contribution in [0.5, 0.6) is 0 Å². The number of para-hydroxylation sites is 1. The number of amides is 1. The van der Waals surface area contributed by atoms with Crippen molar-refractivity contribution in [1.82, 2.24) is 9.55 Å². The van der Waals surface area contributed by atoms with Crippen molar-refractivity contribution in [2.24, 2.45) is 0 Å². The molecule has 8 heteroatoms. The van der Waals surface area contributed by atoms with Gasteiger partial charge in [-0.3, -0.25) is 19.1 Å². The molecule has 31 heavy (non-hydrogen) atoms. The normalized spacial score (nSPS) is 10.6. The van der Waals surface area contributed by atoms with Gasteiger partial charge in [-0.2, -0.15) is 0 Å². The van der Waals surface area contributed by atoms with Gasteiger partial charge in [-0.25, -0.2) is 4.79 Å². The molecule has 0 bridgehead atoms. The molecule has 3 aromatic rings. The van der Waals surface area contributed by atoms with E-state index in [0.717, 1.165) is 23.2 Å². The lowest BCUT2D eigenvalue weighted by Gasteiger charge is -2.24. The molecule has 0 spiro atoms. The van der Waals surface area contributed by atoms with Crippen LogP contribution in [0.3, 0.4) is 0 Å². The number of hydrogen-bond donors (Lipinski definition) is 3. The van der Waals surface area contributed by atoms with E-state index in [1.54, 1.807) is 4.90 Å². The highest BCUT2D eigenvalue weighted by atomic mass is 16.2. The third-order valence-electron chi connectivity index (χ3n) is 5.10. The Bertz CT molecular complexity index is 1170. The highest BCUT2D eigenvalue weighted by Crippen LogP contribution is 2.19. The summed E-state index contributed by atoms with van der Waals surface area (Å²) in [6.07, 6.45) is 0.783. The summed E-state index contributed by atoms with van der Waals surface area (Å²) in [5, 5.41) is 2.90. The second-order valence-electron chi connectivity index (χ2n) is 7.14. The fraction of sp³-hybridized carbons (Fsp3) is 0.261. The fourth-order valence-electron chi connectivity index (χ4n) is 3.47. The first kappa shape index (κ1) is 21.9. The summed E-state index contributed by atoms with van der Waals surface area (Å²) in [4.78, 5) is 41.6. The molecule has 4 N–H and O–H groups in total. The van der Waals surface area contributed by atoms with Crippen LogP contribution < -0.4 is 27.2 Å². The van der Waals surface area contributed by atoms with Crippen LogP contribution in [0.1, 0.15) is 25.0 Å². The topological polar surface area (TPSA) is 113 Å². The zero-order valence-corrected chi connectivity index (χ0v) is 17.7. The maximum atomic E-state index is 12.7. The van der Waals surface area contributed by atoms with Gasteiger partial charge >= 0.3 is 5.69 Å². The van der Waals surface area contributed by atoms with Gasteiger partial charge in [-0.05, 0) is 30.5 Å². The molecular formula is C23H27N5O3. The van der Waals surface area contributed by atoms with E-state index in [0.29, 0.717) is 6.54 Å². The molecule has 1 amide bonds. The lowest BCUT2D eigenvalue weighted by molar-refractivity contribution is -0.115. The minimum atomic E-state index is -0.615. The number of anilines is 3. The number of carbonyl (C=O) groups is 1. The minimum absolute atomic E-state index is 0.0289. The Morgan fingerprint density at radius 2 is 1.74 bits per heavy atom. The van der Waals surface area contributed by atoms with Crippen LogP contribution in [-0.2, 0) is 17.8 Å². The number of H-pyrrole nitrogens is 1. The van der Waals surface area contributed by atoms with Crippen LogP contribution in [0.4, 0.5) is 17.2 Å². The Kier molecular flexibility index (Phi) is 6.92. The summed E-state index contributed by atoms with van der Waals surface area (Å²) in [6, 6.07) is 16.9. The Hall–Kier alpha value is -3.81. The molecule has 1 heterocycles. The molecule has 0 aliphatic carbocycles. The number of aromatic amines is 1. The molecule has 2 aromatic carbocycles. The van der Waals surface area contributed by atoms with Crippen LogP contribution in [0.25, 0.3) is 0 Å². The Balaban J connectivity index is 1.88. The Morgan fingerprint density at radius 3 is 2.42 bits per heavy atom. The average Bonchev–Trinajstić information content (AvgIpc) is 2.76. The van der Waals surface area contributed by atoms with E-state index in [4.69, 9.17) is 5.73 Å². The molecule has 1 aromatic heterocycles. The fourth-order valence-corrected chi connectivity index (χ4v) is 3.47. The summed E-state index contributed by atoms with van der Waals surface area (Å²) in [5.74, 6) is -0.247. The number of likely N-dealkylation sites (N-methyl/N-ethyl adjacent to an activating group) is 1. The Morgan fingerprint density at radius 1 is 1.06 bits per heavy atom. The lowest BCUT2D eigenvalue weighted by atomic mass is 10.1. The van der Waals surface area contributed by atoms with Gasteiger partial charge in [0, 0.05) is 12.2 Å². The summed E-state index contributed by atoms with van der Waals surface area (Å²) < 4.78 is 1.30. The molecule has 0 saturated heterocycles. The first-order chi connectivity index (χ1) is 14.9. The molecule has 0 aliphatic rings. The summed E-state index contributed by atoms with van der Waals surface area (Å²) in [7, 11) is 0. The number of hydrogen-bond acceptors (Lipinski definition) is 5. The van der Waals surface area contributed by atoms with Crippen molar-refractivity contribution in [2.75, 3.05) is 29.0 Å². The lowest BCUT2D eigenvalue weighted by Crippen LogP contribution is -2.41. The number of nitrogens with one attached hydrogen (secondary N) is 2. The van der Waals surface area contributed by atoms with E-state index in [-0.39, 0.29) is 30.5 Å². The Labute approximate surface area is 180 Å². The van der Waals surface area contributed by atoms with Gasteiger partial charge in [0.15, 0.2) is 0 Å². The summed E-state index contributed by atoms with van der Waals surface area (Å²) in [5.41, 5.74) is 7.78. The largest absolute Gasteiger partial charge is 0.383 e. The number of aromatic nitrogens is 2. The third kappa shape index (κ3) is 5.03. The van der Waals surface area contributed by atoms with Crippen LogP contribution in [0.2, 0.25) is 0 Å². The SMILES string of the molecule is CCc1ccccc1NC(=O)CN(CC)c1c(N)n(Cc2ccccc2)c(=O)[nH]c1=O. The predicted molar refractivity (Wildman–Crippen MR) is 124 cm³/mol. The van der Waals surface area contributed by atoms with Crippen molar-refractivity contribution in [1.29, 1.82) is 0 Å². The van der Waals surface area contributed by atoms with Crippen molar-refractivity contribution in [3.63, 3.8) is 0 Å². The van der Waals surface area contributed by atoms with Gasteiger partial charge in [-0.1, -0.05) is 55.5 Å². The molecule has 162 valence electrons. The number of rotatable bonds is 8. The first-order valence-electron chi connectivity index (χ1n) is 10.2. The highest BCUT2D eigenvalue weighted by Gasteiger charge is 2.20. The van der Waals surface area contributed by atoms with Crippen LogP contribution in [-0.4, -0.2) is 28.5 Å². The molecule has 3 rings (SSSR count). The molecule has 0 aliphatic heterocycles. The number of nitrogens with zero attached hydrogens (tertiary/aromatic N) is 2. The molecule has 0 atom stereocenters. The van der Waals surface area contributed by atoms with Gasteiger partial charge < -0.3 is 16.0 Å². The van der Waals surface area contributed by atoms with E-state index in [1.807, 2.05) is 68.4 Å². The minimum Gasteiger partial charge on any atom is -0.383 e. The smallest absolute Gasteiger partial charge is 0.330 e. The molecule has 8 nitrogen and oxygen atoms in total. The summed E-state index contributed by atoms with van der Waals surface area (Å²) in [6.45, 7) is 4.33. The van der Waals surface area contributed by atoms with Gasteiger partial charge in [0.1, 0.15) is 11.5 Å². The number of nitrogen functional groups attached to an aromatic ring is 1. The van der Waals surface area contributed by atoms with Crippen molar-refractivity contribution in [3.8, 4) is 0 Å². The van der Waals surface area contributed by atoms with Crippen molar-refractivity contribution in [3.05, 3.63) is 86.6 Å². The van der Waals surface area contributed by atoms with Crippen molar-refractivity contribution >= 4 is 23.1 Å². The zero-order valence-electron chi connectivity index (χ0n) is 17.7. The quantitative estimate of drug-likeness (QED) is 0.516. The zero-order chi connectivity index (χ0) is 22.4. The monoisotopic (exact) mass is 421 g/mol. The van der Waals surface area contributed by atoms with Crippen LogP contribution in [0.15, 0.2) is 64.2 Å². The number of nitrogens with two attached hydrogens (primary N) is 1. The predicted octanol–water partition coefficient (Wildman–Crippen LogP) is 2.19. The van der Waals surface area contributed by atoms with Gasteiger partial charge in [0.25, 0.3) is 5.56 Å². The van der Waals surface area contributed by atoms with E-state index in [1.165, 1.54) is 4.57 Å². The second-order valence-corrected chi connectivity index (χ2v) is 7.14. The van der Waals surface area contributed by atoms with E-state index in [9.17, 15) is 14.4 Å².